The average Bonchev–Trinajstić information content (AvgIpc) is 2.14. The molecule has 4 fully saturated rings. The lowest BCUT2D eigenvalue weighted by molar-refractivity contribution is -0.136. The van der Waals surface area contributed by atoms with Crippen molar-refractivity contribution >= 4 is 5.91 Å². The van der Waals surface area contributed by atoms with E-state index in [1.807, 2.05) is 0 Å². The van der Waals surface area contributed by atoms with Gasteiger partial charge in [-0.25, -0.2) is 0 Å². The second kappa shape index (κ2) is 2.99. The summed E-state index contributed by atoms with van der Waals surface area (Å²) >= 11 is 0. The molecule has 0 aliphatic heterocycles. The summed E-state index contributed by atoms with van der Waals surface area (Å²) in [6.07, 6.45) is 8.15. The molecule has 0 spiro atoms. The number of primary amides is 1. The van der Waals surface area contributed by atoms with Crippen molar-refractivity contribution in [2.75, 3.05) is 0 Å². The molecule has 84 valence electrons. The van der Waals surface area contributed by atoms with Gasteiger partial charge in [0.05, 0.1) is 0 Å². The zero-order chi connectivity index (χ0) is 10.6. The fraction of sp³-hybridized carbons (Fsp3) is 0.923. The lowest BCUT2D eigenvalue weighted by Gasteiger charge is -2.58. The van der Waals surface area contributed by atoms with E-state index in [1.165, 1.54) is 38.5 Å². The van der Waals surface area contributed by atoms with E-state index in [9.17, 15) is 4.79 Å². The summed E-state index contributed by atoms with van der Waals surface area (Å²) in [5.74, 6) is 2.77. The molecule has 2 heteroatoms. The van der Waals surface area contributed by atoms with Crippen LogP contribution in [0.2, 0.25) is 0 Å². The van der Waals surface area contributed by atoms with Gasteiger partial charge in [0.1, 0.15) is 0 Å². The number of carbonyl (C=O) groups is 1. The topological polar surface area (TPSA) is 43.1 Å². The lowest BCUT2D eigenvalue weighted by atomic mass is 9.46. The molecule has 4 bridgehead atoms. The van der Waals surface area contributed by atoms with Gasteiger partial charge < -0.3 is 5.73 Å². The Morgan fingerprint density at radius 2 is 1.53 bits per heavy atom. The van der Waals surface area contributed by atoms with Crippen LogP contribution in [-0.2, 0) is 4.79 Å². The van der Waals surface area contributed by atoms with Gasteiger partial charge in [-0.2, -0.15) is 0 Å². The van der Waals surface area contributed by atoms with Crippen molar-refractivity contribution in [1.82, 2.24) is 0 Å². The molecule has 0 radical (unpaired) electrons. The Morgan fingerprint density at radius 1 is 1.13 bits per heavy atom. The van der Waals surface area contributed by atoms with E-state index in [-0.39, 0.29) is 11.8 Å². The first-order valence-corrected chi connectivity index (χ1v) is 6.38. The number of nitrogens with two attached hydrogens (primary N) is 1. The summed E-state index contributed by atoms with van der Waals surface area (Å²) < 4.78 is 0. The van der Waals surface area contributed by atoms with Crippen molar-refractivity contribution < 1.29 is 4.79 Å². The molecule has 0 aromatic rings. The Hall–Kier alpha value is -0.530. The van der Waals surface area contributed by atoms with Crippen LogP contribution in [0, 0.1) is 29.1 Å². The van der Waals surface area contributed by atoms with Gasteiger partial charge in [0.25, 0.3) is 0 Å². The van der Waals surface area contributed by atoms with Crippen LogP contribution < -0.4 is 5.73 Å². The van der Waals surface area contributed by atoms with Crippen LogP contribution in [0.5, 0.6) is 0 Å². The van der Waals surface area contributed by atoms with Gasteiger partial charge in [0.15, 0.2) is 0 Å². The molecule has 0 aromatic heterocycles. The quantitative estimate of drug-likeness (QED) is 0.742. The maximum atomic E-state index is 11.4. The van der Waals surface area contributed by atoms with E-state index in [0.717, 1.165) is 17.8 Å². The Bertz CT molecular complexity index is 262. The zero-order valence-corrected chi connectivity index (χ0v) is 9.54. The third-order valence-electron chi connectivity index (χ3n) is 5.43. The highest BCUT2D eigenvalue weighted by atomic mass is 16.1. The Morgan fingerprint density at radius 3 is 1.87 bits per heavy atom. The number of hydrogen-bond acceptors (Lipinski definition) is 1. The monoisotopic (exact) mass is 207 g/mol. The van der Waals surface area contributed by atoms with Crippen molar-refractivity contribution in [3.63, 3.8) is 0 Å². The van der Waals surface area contributed by atoms with Gasteiger partial charge in [-0.15, -0.1) is 0 Å². The van der Waals surface area contributed by atoms with Crippen LogP contribution in [0.25, 0.3) is 0 Å². The molecule has 4 aliphatic carbocycles. The normalized spacial score (nSPS) is 49.3. The van der Waals surface area contributed by atoms with Crippen molar-refractivity contribution in [1.29, 1.82) is 0 Å². The van der Waals surface area contributed by atoms with Gasteiger partial charge in [0, 0.05) is 5.92 Å². The molecule has 4 saturated carbocycles. The van der Waals surface area contributed by atoms with Crippen LogP contribution in [0.4, 0.5) is 0 Å². The van der Waals surface area contributed by atoms with E-state index in [2.05, 4.69) is 6.92 Å². The highest BCUT2D eigenvalue weighted by Crippen LogP contribution is 2.62. The molecular weight excluding hydrogens is 186 g/mol. The standard InChI is InChI=1S/C13H21NO/c1-8(12(14)15)13-5-9-2-10(6-13)4-11(3-9)7-13/h8-11H,2-7H2,1H3,(H2,14,15). The SMILES string of the molecule is CC(C(N)=O)C12CC3CC(CC(C3)C1)C2. The van der Waals surface area contributed by atoms with Crippen LogP contribution in [0.3, 0.4) is 0 Å². The van der Waals surface area contributed by atoms with E-state index in [0.29, 0.717) is 5.41 Å². The van der Waals surface area contributed by atoms with Gasteiger partial charge in [-0.05, 0) is 61.7 Å². The van der Waals surface area contributed by atoms with Crippen molar-refractivity contribution in [2.24, 2.45) is 34.8 Å². The molecule has 15 heavy (non-hydrogen) atoms. The van der Waals surface area contributed by atoms with Gasteiger partial charge in [-0.3, -0.25) is 4.79 Å². The number of carbonyl (C=O) groups excluding carboxylic acids is 1. The summed E-state index contributed by atoms with van der Waals surface area (Å²) in [6, 6.07) is 0. The molecule has 4 aliphatic rings. The minimum Gasteiger partial charge on any atom is -0.369 e. The minimum atomic E-state index is -0.0723. The minimum absolute atomic E-state index is 0.0723. The number of rotatable bonds is 2. The van der Waals surface area contributed by atoms with Gasteiger partial charge >= 0.3 is 0 Å². The van der Waals surface area contributed by atoms with Crippen molar-refractivity contribution in [3.05, 3.63) is 0 Å². The van der Waals surface area contributed by atoms with Crippen LogP contribution in [0.15, 0.2) is 0 Å². The predicted octanol–water partition coefficient (Wildman–Crippen LogP) is 2.32. The van der Waals surface area contributed by atoms with Crippen LogP contribution in [0.1, 0.15) is 45.4 Å². The number of amides is 1. The molecule has 0 aromatic carbocycles. The van der Waals surface area contributed by atoms with Crippen molar-refractivity contribution in [2.45, 2.75) is 45.4 Å². The first kappa shape index (κ1) is 9.68. The Labute approximate surface area is 91.6 Å². The van der Waals surface area contributed by atoms with E-state index < -0.39 is 0 Å². The molecule has 1 unspecified atom stereocenters. The first-order valence-electron chi connectivity index (χ1n) is 6.38. The Balaban J connectivity index is 1.89. The fourth-order valence-corrected chi connectivity index (χ4v) is 5.01. The first-order chi connectivity index (χ1) is 7.09. The molecule has 2 nitrogen and oxygen atoms in total. The van der Waals surface area contributed by atoms with E-state index >= 15 is 0 Å². The predicted molar refractivity (Wildman–Crippen MR) is 59.0 cm³/mol. The summed E-state index contributed by atoms with van der Waals surface area (Å²) in [6.45, 7) is 2.06. The summed E-state index contributed by atoms with van der Waals surface area (Å²) in [4.78, 5) is 11.4. The maximum absolute atomic E-state index is 11.4. The fourth-order valence-electron chi connectivity index (χ4n) is 5.01. The number of hydrogen-bond donors (Lipinski definition) is 1. The average molecular weight is 207 g/mol. The molecule has 0 saturated heterocycles. The van der Waals surface area contributed by atoms with Crippen LogP contribution in [-0.4, -0.2) is 5.91 Å². The highest BCUT2D eigenvalue weighted by Gasteiger charge is 2.54. The van der Waals surface area contributed by atoms with Crippen molar-refractivity contribution in [3.8, 4) is 0 Å². The second-order valence-corrected chi connectivity index (χ2v) is 6.40. The molecule has 2 N–H and O–H groups in total. The van der Waals surface area contributed by atoms with Gasteiger partial charge in [0.2, 0.25) is 5.91 Å². The molecule has 4 rings (SSSR count). The smallest absolute Gasteiger partial charge is 0.220 e. The van der Waals surface area contributed by atoms with E-state index in [4.69, 9.17) is 5.73 Å². The summed E-state index contributed by atoms with van der Waals surface area (Å²) in [5, 5.41) is 0. The zero-order valence-electron chi connectivity index (χ0n) is 9.54. The second-order valence-electron chi connectivity index (χ2n) is 6.40. The molecular formula is C13H21NO. The summed E-state index contributed by atoms with van der Waals surface area (Å²) in [7, 11) is 0. The van der Waals surface area contributed by atoms with Crippen LogP contribution >= 0.6 is 0 Å². The maximum Gasteiger partial charge on any atom is 0.220 e. The molecule has 1 atom stereocenters. The summed E-state index contributed by atoms with van der Waals surface area (Å²) in [5.41, 5.74) is 5.82. The molecule has 1 amide bonds. The third kappa shape index (κ3) is 1.33. The van der Waals surface area contributed by atoms with E-state index in [1.54, 1.807) is 0 Å². The largest absolute Gasteiger partial charge is 0.369 e. The Kier molecular flexibility index (Phi) is 1.93. The highest BCUT2D eigenvalue weighted by molar-refractivity contribution is 5.77. The van der Waals surface area contributed by atoms with Gasteiger partial charge in [-0.1, -0.05) is 6.92 Å². The lowest BCUT2D eigenvalue weighted by Crippen LogP contribution is -2.51. The third-order valence-corrected chi connectivity index (χ3v) is 5.43. The molecule has 0 heterocycles.